The van der Waals surface area contributed by atoms with E-state index in [1.54, 1.807) is 6.20 Å². The van der Waals surface area contributed by atoms with Gasteiger partial charge >= 0.3 is 0 Å². The van der Waals surface area contributed by atoms with Crippen LogP contribution in [-0.2, 0) is 4.74 Å². The molecule has 3 rings (SSSR count). The van der Waals surface area contributed by atoms with Crippen molar-refractivity contribution >= 4 is 5.88 Å². The second kappa shape index (κ2) is 4.78. The Morgan fingerprint density at radius 2 is 2.28 bits per heavy atom. The van der Waals surface area contributed by atoms with Gasteiger partial charge in [0, 0.05) is 18.7 Å². The summed E-state index contributed by atoms with van der Waals surface area (Å²) in [6.07, 6.45) is 3.83. The van der Waals surface area contributed by atoms with Gasteiger partial charge < -0.3 is 15.0 Å². The van der Waals surface area contributed by atoms with Gasteiger partial charge in [-0.2, -0.15) is 0 Å². The smallest absolute Gasteiger partial charge is 0.231 e. The lowest BCUT2D eigenvalue weighted by Gasteiger charge is -2.20. The van der Waals surface area contributed by atoms with Crippen molar-refractivity contribution in [2.75, 3.05) is 18.9 Å². The summed E-state index contributed by atoms with van der Waals surface area (Å²) in [5, 5.41) is 4.10. The van der Waals surface area contributed by atoms with Gasteiger partial charge in [-0.25, -0.2) is 0 Å². The fourth-order valence-corrected chi connectivity index (χ4v) is 2.32. The van der Waals surface area contributed by atoms with E-state index >= 15 is 0 Å². The topological polar surface area (TPSA) is 74.2 Å². The van der Waals surface area contributed by atoms with Gasteiger partial charge in [0.15, 0.2) is 0 Å². The van der Waals surface area contributed by atoms with Crippen LogP contribution in [0.5, 0.6) is 0 Å². The van der Waals surface area contributed by atoms with E-state index in [1.807, 2.05) is 18.2 Å². The van der Waals surface area contributed by atoms with Crippen molar-refractivity contribution in [3.8, 4) is 11.3 Å². The lowest BCUT2D eigenvalue weighted by molar-refractivity contribution is 0.0785. The standard InChI is InChI=1S/C13H15N3O2/c14-13-11(10-5-1-2-6-15-10)12(16-18-13)9-4-3-7-17-8-9/h1-2,5-6,9H,3-4,7-8,14H2. The molecule has 1 atom stereocenters. The second-order valence-corrected chi connectivity index (χ2v) is 4.44. The van der Waals surface area contributed by atoms with Gasteiger partial charge in [-0.05, 0) is 25.0 Å². The summed E-state index contributed by atoms with van der Waals surface area (Å²) in [7, 11) is 0. The SMILES string of the molecule is Nc1onc(C2CCCOC2)c1-c1ccccn1. The third kappa shape index (κ3) is 1.97. The maximum Gasteiger partial charge on any atom is 0.231 e. The molecule has 1 saturated heterocycles. The number of nitrogen functional groups attached to an aromatic ring is 1. The molecular weight excluding hydrogens is 230 g/mol. The van der Waals surface area contributed by atoms with Crippen LogP contribution in [-0.4, -0.2) is 23.4 Å². The Bertz CT molecular complexity index is 518. The molecule has 2 aromatic rings. The Labute approximate surface area is 105 Å². The van der Waals surface area contributed by atoms with Crippen LogP contribution in [0.1, 0.15) is 24.5 Å². The van der Waals surface area contributed by atoms with E-state index in [0.29, 0.717) is 12.5 Å². The molecule has 18 heavy (non-hydrogen) atoms. The summed E-state index contributed by atoms with van der Waals surface area (Å²) in [4.78, 5) is 4.32. The summed E-state index contributed by atoms with van der Waals surface area (Å²) < 4.78 is 10.6. The number of anilines is 1. The highest BCUT2D eigenvalue weighted by atomic mass is 16.5. The molecular formula is C13H15N3O2. The van der Waals surface area contributed by atoms with Crippen LogP contribution >= 0.6 is 0 Å². The molecule has 5 nitrogen and oxygen atoms in total. The molecule has 0 aromatic carbocycles. The highest BCUT2D eigenvalue weighted by Crippen LogP contribution is 2.35. The van der Waals surface area contributed by atoms with Gasteiger partial charge in [0.25, 0.3) is 0 Å². The molecule has 0 spiro atoms. The first-order valence-electron chi connectivity index (χ1n) is 6.10. The number of hydrogen-bond donors (Lipinski definition) is 1. The second-order valence-electron chi connectivity index (χ2n) is 4.44. The first kappa shape index (κ1) is 11.2. The lowest BCUT2D eigenvalue weighted by Crippen LogP contribution is -2.16. The minimum absolute atomic E-state index is 0.247. The Morgan fingerprint density at radius 3 is 3.00 bits per heavy atom. The number of nitrogens with zero attached hydrogens (tertiary/aromatic N) is 2. The van der Waals surface area contributed by atoms with Gasteiger partial charge in [-0.15, -0.1) is 0 Å². The van der Waals surface area contributed by atoms with Gasteiger partial charge in [0.2, 0.25) is 5.88 Å². The van der Waals surface area contributed by atoms with Crippen molar-refractivity contribution in [1.82, 2.24) is 10.1 Å². The molecule has 0 aliphatic carbocycles. The monoisotopic (exact) mass is 245 g/mol. The van der Waals surface area contributed by atoms with Crippen LogP contribution in [0.2, 0.25) is 0 Å². The van der Waals surface area contributed by atoms with E-state index in [2.05, 4.69) is 10.1 Å². The van der Waals surface area contributed by atoms with E-state index in [-0.39, 0.29) is 5.92 Å². The van der Waals surface area contributed by atoms with Gasteiger partial charge in [0.05, 0.1) is 17.9 Å². The number of pyridine rings is 1. The molecule has 1 aliphatic rings. The lowest BCUT2D eigenvalue weighted by atomic mass is 9.94. The van der Waals surface area contributed by atoms with Crippen molar-refractivity contribution in [1.29, 1.82) is 0 Å². The average Bonchev–Trinajstić information content (AvgIpc) is 2.83. The summed E-state index contributed by atoms with van der Waals surface area (Å²) in [5.41, 5.74) is 8.35. The fourth-order valence-electron chi connectivity index (χ4n) is 2.32. The van der Waals surface area contributed by atoms with Gasteiger partial charge in [0.1, 0.15) is 5.69 Å². The molecule has 0 bridgehead atoms. The molecule has 3 heterocycles. The third-order valence-electron chi connectivity index (χ3n) is 3.21. The van der Waals surface area contributed by atoms with Crippen molar-refractivity contribution < 1.29 is 9.26 Å². The Morgan fingerprint density at radius 1 is 1.33 bits per heavy atom. The Balaban J connectivity index is 2.01. The van der Waals surface area contributed by atoms with Crippen LogP contribution < -0.4 is 5.73 Å². The molecule has 5 heteroatoms. The van der Waals surface area contributed by atoms with E-state index in [0.717, 1.165) is 36.4 Å². The number of aromatic nitrogens is 2. The number of nitrogens with two attached hydrogens (primary N) is 1. The van der Waals surface area contributed by atoms with Crippen molar-refractivity contribution in [2.24, 2.45) is 0 Å². The zero-order valence-corrected chi connectivity index (χ0v) is 10.0. The first-order valence-corrected chi connectivity index (χ1v) is 6.10. The molecule has 1 unspecified atom stereocenters. The van der Waals surface area contributed by atoms with E-state index in [4.69, 9.17) is 15.0 Å². The highest BCUT2D eigenvalue weighted by Gasteiger charge is 2.26. The quantitative estimate of drug-likeness (QED) is 0.878. The number of hydrogen-bond acceptors (Lipinski definition) is 5. The first-order chi connectivity index (χ1) is 8.86. The summed E-state index contributed by atoms with van der Waals surface area (Å²) >= 11 is 0. The summed E-state index contributed by atoms with van der Waals surface area (Å²) in [6.45, 7) is 1.49. The summed E-state index contributed by atoms with van der Waals surface area (Å²) in [6, 6.07) is 5.71. The molecule has 94 valence electrons. The zero-order chi connectivity index (χ0) is 12.4. The maximum atomic E-state index is 5.87. The Kier molecular flexibility index (Phi) is 2.98. The van der Waals surface area contributed by atoms with Crippen molar-refractivity contribution in [3.05, 3.63) is 30.1 Å². The van der Waals surface area contributed by atoms with Crippen molar-refractivity contribution in [3.63, 3.8) is 0 Å². The fraction of sp³-hybridized carbons (Fsp3) is 0.385. The van der Waals surface area contributed by atoms with Gasteiger partial charge in [-0.1, -0.05) is 11.2 Å². The van der Waals surface area contributed by atoms with Crippen molar-refractivity contribution in [2.45, 2.75) is 18.8 Å². The third-order valence-corrected chi connectivity index (χ3v) is 3.21. The number of rotatable bonds is 2. The van der Waals surface area contributed by atoms with E-state index < -0.39 is 0 Å². The van der Waals surface area contributed by atoms with Crippen LogP contribution in [0.15, 0.2) is 28.9 Å². The number of ether oxygens (including phenoxy) is 1. The normalized spacial score (nSPS) is 19.9. The largest absolute Gasteiger partial charge is 0.381 e. The molecule has 0 saturated carbocycles. The van der Waals surface area contributed by atoms with Crippen LogP contribution in [0.25, 0.3) is 11.3 Å². The summed E-state index contributed by atoms with van der Waals surface area (Å²) in [5.74, 6) is 0.575. The molecule has 1 aliphatic heterocycles. The molecule has 1 fully saturated rings. The maximum absolute atomic E-state index is 5.87. The minimum atomic E-state index is 0.247. The molecule has 0 radical (unpaired) electrons. The highest BCUT2D eigenvalue weighted by molar-refractivity contribution is 5.72. The van der Waals surface area contributed by atoms with Crippen LogP contribution in [0, 0.1) is 0 Å². The van der Waals surface area contributed by atoms with Crippen LogP contribution in [0.4, 0.5) is 5.88 Å². The van der Waals surface area contributed by atoms with Crippen LogP contribution in [0.3, 0.4) is 0 Å². The molecule has 2 N–H and O–H groups in total. The predicted molar refractivity (Wildman–Crippen MR) is 66.9 cm³/mol. The zero-order valence-electron chi connectivity index (χ0n) is 10.0. The van der Waals surface area contributed by atoms with Gasteiger partial charge in [-0.3, -0.25) is 4.98 Å². The predicted octanol–water partition coefficient (Wildman–Crippen LogP) is 2.21. The average molecular weight is 245 g/mol. The van der Waals surface area contributed by atoms with E-state index in [9.17, 15) is 0 Å². The van der Waals surface area contributed by atoms with E-state index in [1.165, 1.54) is 0 Å². The molecule has 0 amide bonds. The Hall–Kier alpha value is -1.88. The molecule has 2 aromatic heterocycles. The minimum Gasteiger partial charge on any atom is -0.381 e.